The number of benzene rings is 1. The summed E-state index contributed by atoms with van der Waals surface area (Å²) in [5.41, 5.74) is 8.74. The van der Waals surface area contributed by atoms with E-state index >= 15 is 0 Å². The molecule has 0 aromatic heterocycles. The third-order valence-electron chi connectivity index (χ3n) is 2.29. The lowest BCUT2D eigenvalue weighted by atomic mass is 9.86. The topological polar surface area (TPSA) is 49.8 Å². The third kappa shape index (κ3) is 2.85. The zero-order valence-corrected chi connectivity index (χ0v) is 9.41. The van der Waals surface area contributed by atoms with Gasteiger partial charge in [0, 0.05) is 11.8 Å². The van der Waals surface area contributed by atoms with Crippen LogP contribution in [-0.4, -0.2) is 0 Å². The zero-order valence-electron chi connectivity index (χ0n) is 9.41. The van der Waals surface area contributed by atoms with Crippen molar-refractivity contribution in [3.05, 3.63) is 35.4 Å². The van der Waals surface area contributed by atoms with E-state index in [1.807, 2.05) is 24.3 Å². The van der Waals surface area contributed by atoms with E-state index in [2.05, 4.69) is 20.8 Å². The molecule has 0 saturated carbocycles. The molecular formula is C13H16N2. The first-order chi connectivity index (χ1) is 6.95. The Bertz CT molecular complexity index is 417. The molecule has 0 bridgehead atoms. The summed E-state index contributed by atoms with van der Waals surface area (Å²) < 4.78 is 0. The molecule has 1 aromatic carbocycles. The van der Waals surface area contributed by atoms with Crippen LogP contribution >= 0.6 is 0 Å². The van der Waals surface area contributed by atoms with Crippen LogP contribution in [0.2, 0.25) is 0 Å². The molecule has 2 N–H and O–H groups in total. The van der Waals surface area contributed by atoms with Gasteiger partial charge in [-0.1, -0.05) is 26.8 Å². The minimum atomic E-state index is 0.100. The molecule has 0 aliphatic rings. The Morgan fingerprint density at radius 1 is 1.33 bits per heavy atom. The molecule has 0 aliphatic carbocycles. The van der Waals surface area contributed by atoms with Crippen LogP contribution in [0, 0.1) is 11.3 Å². The molecule has 78 valence electrons. The number of nitrogens with zero attached hydrogens (tertiary/aromatic N) is 1. The van der Waals surface area contributed by atoms with Crippen molar-refractivity contribution in [2.24, 2.45) is 0 Å². The highest BCUT2D eigenvalue weighted by Gasteiger charge is 2.13. The molecule has 0 saturated heterocycles. The van der Waals surface area contributed by atoms with Crippen molar-refractivity contribution >= 4 is 11.8 Å². The van der Waals surface area contributed by atoms with Crippen LogP contribution in [0.25, 0.3) is 6.08 Å². The van der Waals surface area contributed by atoms with Gasteiger partial charge in [0.15, 0.2) is 0 Å². The summed E-state index contributed by atoms with van der Waals surface area (Å²) in [6.45, 7) is 6.45. The Balaban J connectivity index is 3.18. The number of hydrogen-bond acceptors (Lipinski definition) is 2. The Morgan fingerprint density at radius 2 is 2.00 bits per heavy atom. The van der Waals surface area contributed by atoms with Gasteiger partial charge in [0.05, 0.1) is 6.07 Å². The smallest absolute Gasteiger partial charge is 0.0912 e. The molecule has 0 fully saturated rings. The molecule has 1 rings (SSSR count). The Morgan fingerprint density at radius 3 is 2.53 bits per heavy atom. The van der Waals surface area contributed by atoms with Gasteiger partial charge in [0.1, 0.15) is 0 Å². The van der Waals surface area contributed by atoms with Crippen LogP contribution in [0.1, 0.15) is 31.9 Å². The summed E-state index contributed by atoms with van der Waals surface area (Å²) in [6, 6.07) is 7.91. The Kier molecular flexibility index (Phi) is 3.16. The first-order valence-electron chi connectivity index (χ1n) is 4.91. The van der Waals surface area contributed by atoms with Crippen LogP contribution in [0.15, 0.2) is 24.3 Å². The van der Waals surface area contributed by atoms with Gasteiger partial charge in [-0.2, -0.15) is 5.26 Å². The van der Waals surface area contributed by atoms with Crippen molar-refractivity contribution in [3.8, 4) is 6.07 Å². The molecule has 0 amide bonds. The van der Waals surface area contributed by atoms with E-state index in [1.165, 1.54) is 11.6 Å². The van der Waals surface area contributed by atoms with E-state index in [-0.39, 0.29) is 5.41 Å². The molecule has 15 heavy (non-hydrogen) atoms. The van der Waals surface area contributed by atoms with Crippen LogP contribution in [-0.2, 0) is 5.41 Å². The Labute approximate surface area is 91.0 Å². The second-order valence-electron chi connectivity index (χ2n) is 4.56. The van der Waals surface area contributed by atoms with Crippen molar-refractivity contribution in [1.29, 1.82) is 5.26 Å². The third-order valence-corrected chi connectivity index (χ3v) is 2.29. The molecule has 0 spiro atoms. The molecule has 0 aliphatic heterocycles. The maximum absolute atomic E-state index is 8.47. The van der Waals surface area contributed by atoms with Gasteiger partial charge in [0.25, 0.3) is 0 Å². The van der Waals surface area contributed by atoms with Gasteiger partial charge in [-0.05, 0) is 34.8 Å². The first kappa shape index (κ1) is 11.3. The van der Waals surface area contributed by atoms with E-state index < -0.39 is 0 Å². The highest BCUT2D eigenvalue weighted by molar-refractivity contribution is 5.66. The average molecular weight is 200 g/mol. The summed E-state index contributed by atoms with van der Waals surface area (Å²) in [5.74, 6) is 0. The average Bonchev–Trinajstić information content (AvgIpc) is 2.15. The zero-order chi connectivity index (χ0) is 11.5. The number of hydrogen-bond donors (Lipinski definition) is 1. The number of rotatable bonds is 1. The predicted octanol–water partition coefficient (Wildman–Crippen LogP) is 3.10. The van der Waals surface area contributed by atoms with Crippen LogP contribution in [0.5, 0.6) is 0 Å². The fourth-order valence-corrected chi connectivity index (χ4v) is 1.31. The predicted molar refractivity (Wildman–Crippen MR) is 64.2 cm³/mol. The first-order valence-corrected chi connectivity index (χ1v) is 4.91. The summed E-state index contributed by atoms with van der Waals surface area (Å²) >= 11 is 0. The summed E-state index contributed by atoms with van der Waals surface area (Å²) in [6.07, 6.45) is 3.18. The number of anilines is 1. The van der Waals surface area contributed by atoms with E-state index in [0.29, 0.717) is 5.69 Å². The standard InChI is InChI=1S/C13H16N2/c1-13(2,3)11-6-7-12(15)10(9-11)5-4-8-14/h4-7,9H,15H2,1-3H3. The minimum absolute atomic E-state index is 0.100. The molecule has 0 unspecified atom stereocenters. The van der Waals surface area contributed by atoms with Crippen LogP contribution in [0.4, 0.5) is 5.69 Å². The SMILES string of the molecule is CC(C)(C)c1ccc(N)c(C=CC#N)c1. The molecule has 1 aromatic rings. The lowest BCUT2D eigenvalue weighted by Crippen LogP contribution is -2.11. The minimum Gasteiger partial charge on any atom is -0.398 e. The van der Waals surface area contributed by atoms with Gasteiger partial charge >= 0.3 is 0 Å². The molecule has 2 heteroatoms. The second kappa shape index (κ2) is 4.18. The molecule has 0 atom stereocenters. The van der Waals surface area contributed by atoms with Gasteiger partial charge in [-0.15, -0.1) is 0 Å². The molecule has 0 heterocycles. The van der Waals surface area contributed by atoms with Gasteiger partial charge in [-0.25, -0.2) is 0 Å². The van der Waals surface area contributed by atoms with E-state index in [4.69, 9.17) is 11.0 Å². The monoisotopic (exact) mass is 200 g/mol. The second-order valence-corrected chi connectivity index (χ2v) is 4.56. The van der Waals surface area contributed by atoms with Gasteiger partial charge in [0.2, 0.25) is 0 Å². The van der Waals surface area contributed by atoms with Gasteiger partial charge in [-0.3, -0.25) is 0 Å². The van der Waals surface area contributed by atoms with E-state index in [0.717, 1.165) is 5.56 Å². The van der Waals surface area contributed by atoms with Crippen LogP contribution in [0.3, 0.4) is 0 Å². The number of nitrogen functional groups attached to an aromatic ring is 1. The fourth-order valence-electron chi connectivity index (χ4n) is 1.31. The summed E-state index contributed by atoms with van der Waals surface area (Å²) in [4.78, 5) is 0. The van der Waals surface area contributed by atoms with Crippen molar-refractivity contribution < 1.29 is 0 Å². The highest BCUT2D eigenvalue weighted by Crippen LogP contribution is 2.26. The molecular weight excluding hydrogens is 184 g/mol. The fraction of sp³-hybridized carbons (Fsp3) is 0.308. The highest BCUT2D eigenvalue weighted by atomic mass is 14.6. The normalized spacial score (nSPS) is 11.6. The number of nitriles is 1. The lowest BCUT2D eigenvalue weighted by Gasteiger charge is -2.19. The largest absolute Gasteiger partial charge is 0.398 e. The van der Waals surface area contributed by atoms with Crippen molar-refractivity contribution in [2.45, 2.75) is 26.2 Å². The van der Waals surface area contributed by atoms with Crippen LogP contribution < -0.4 is 5.73 Å². The molecule has 2 nitrogen and oxygen atoms in total. The van der Waals surface area contributed by atoms with Crippen molar-refractivity contribution in [3.63, 3.8) is 0 Å². The van der Waals surface area contributed by atoms with E-state index in [9.17, 15) is 0 Å². The maximum atomic E-state index is 8.47. The van der Waals surface area contributed by atoms with E-state index in [1.54, 1.807) is 6.08 Å². The summed E-state index contributed by atoms with van der Waals surface area (Å²) in [7, 11) is 0. The van der Waals surface area contributed by atoms with Crippen molar-refractivity contribution in [1.82, 2.24) is 0 Å². The van der Waals surface area contributed by atoms with Gasteiger partial charge < -0.3 is 5.73 Å². The maximum Gasteiger partial charge on any atom is 0.0912 e. The van der Waals surface area contributed by atoms with Crippen molar-refractivity contribution in [2.75, 3.05) is 5.73 Å². The number of allylic oxidation sites excluding steroid dienone is 1. The molecule has 0 radical (unpaired) electrons. The Hall–Kier alpha value is -1.75. The number of nitrogens with two attached hydrogens (primary N) is 1. The summed E-state index contributed by atoms with van der Waals surface area (Å²) in [5, 5.41) is 8.47. The quantitative estimate of drug-likeness (QED) is 0.559. The lowest BCUT2D eigenvalue weighted by molar-refractivity contribution is 0.590.